The van der Waals surface area contributed by atoms with Crippen molar-refractivity contribution in [1.82, 2.24) is 15.1 Å². The first kappa shape index (κ1) is 15.9. The van der Waals surface area contributed by atoms with Crippen LogP contribution < -0.4 is 5.32 Å². The van der Waals surface area contributed by atoms with Gasteiger partial charge in [-0.3, -0.25) is 9.69 Å². The van der Waals surface area contributed by atoms with Crippen LogP contribution in [-0.2, 0) is 11.3 Å². The first-order chi connectivity index (χ1) is 10.1. The van der Waals surface area contributed by atoms with Crippen molar-refractivity contribution in [3.05, 3.63) is 35.6 Å². The predicted molar refractivity (Wildman–Crippen MR) is 81.4 cm³/mol. The van der Waals surface area contributed by atoms with E-state index in [-0.39, 0.29) is 11.7 Å². The monoisotopic (exact) mass is 293 g/mol. The van der Waals surface area contributed by atoms with Crippen molar-refractivity contribution in [2.45, 2.75) is 25.4 Å². The molecule has 21 heavy (non-hydrogen) atoms. The number of amides is 1. The number of likely N-dealkylation sites (N-methyl/N-ethyl adjacent to an activating group) is 2. The normalized spacial score (nSPS) is 18.2. The average molecular weight is 293 g/mol. The van der Waals surface area contributed by atoms with Gasteiger partial charge in [-0.2, -0.15) is 0 Å². The van der Waals surface area contributed by atoms with E-state index in [1.165, 1.54) is 18.9 Å². The van der Waals surface area contributed by atoms with Gasteiger partial charge in [-0.25, -0.2) is 4.39 Å². The maximum absolute atomic E-state index is 13.6. The number of hydrogen-bond acceptors (Lipinski definition) is 3. The molecule has 1 amide bonds. The molecular weight excluding hydrogens is 269 g/mol. The summed E-state index contributed by atoms with van der Waals surface area (Å²) in [7, 11) is 3.67. The zero-order chi connectivity index (χ0) is 15.2. The fraction of sp³-hybridized carbons (Fsp3) is 0.562. The average Bonchev–Trinajstić information content (AvgIpc) is 2.93. The molecule has 0 aromatic heterocycles. The van der Waals surface area contributed by atoms with E-state index in [1.807, 2.05) is 11.9 Å². The topological polar surface area (TPSA) is 35.6 Å². The molecule has 1 fully saturated rings. The molecule has 0 spiro atoms. The molecule has 1 aliphatic rings. The van der Waals surface area contributed by atoms with Crippen LogP contribution in [0.1, 0.15) is 18.4 Å². The lowest BCUT2D eigenvalue weighted by molar-refractivity contribution is -0.131. The fourth-order valence-corrected chi connectivity index (χ4v) is 2.68. The quantitative estimate of drug-likeness (QED) is 0.863. The Kier molecular flexibility index (Phi) is 5.70. The van der Waals surface area contributed by atoms with Crippen LogP contribution in [0.3, 0.4) is 0 Å². The Morgan fingerprint density at radius 1 is 1.38 bits per heavy atom. The second-order valence-corrected chi connectivity index (χ2v) is 5.83. The van der Waals surface area contributed by atoms with Gasteiger partial charge in [0.15, 0.2) is 0 Å². The van der Waals surface area contributed by atoms with Crippen molar-refractivity contribution in [3.63, 3.8) is 0 Å². The lowest BCUT2D eigenvalue weighted by Crippen LogP contribution is -2.41. The van der Waals surface area contributed by atoms with Gasteiger partial charge in [-0.15, -0.1) is 0 Å². The first-order valence-corrected chi connectivity index (χ1v) is 7.45. The Bertz CT molecular complexity index is 474. The molecule has 1 heterocycles. The predicted octanol–water partition coefficient (Wildman–Crippen LogP) is 1.47. The molecular formula is C16H24FN3O. The third-order valence-corrected chi connectivity index (χ3v) is 3.89. The molecule has 5 heteroatoms. The highest BCUT2D eigenvalue weighted by Gasteiger charge is 2.19. The zero-order valence-electron chi connectivity index (χ0n) is 12.8. The van der Waals surface area contributed by atoms with E-state index in [0.29, 0.717) is 24.7 Å². The van der Waals surface area contributed by atoms with Crippen LogP contribution in [0.5, 0.6) is 0 Å². The van der Waals surface area contributed by atoms with Gasteiger partial charge in [0.1, 0.15) is 5.82 Å². The van der Waals surface area contributed by atoms with E-state index < -0.39 is 0 Å². The molecule has 1 atom stereocenters. The minimum absolute atomic E-state index is 0.0127. The molecule has 1 aliphatic heterocycles. The van der Waals surface area contributed by atoms with Gasteiger partial charge in [0.25, 0.3) is 0 Å². The van der Waals surface area contributed by atoms with Crippen LogP contribution in [0.25, 0.3) is 0 Å². The van der Waals surface area contributed by atoms with Crippen LogP contribution in [-0.4, -0.2) is 55.5 Å². The molecule has 1 N–H and O–H groups in total. The van der Waals surface area contributed by atoms with Crippen molar-refractivity contribution in [2.24, 2.45) is 0 Å². The Morgan fingerprint density at radius 2 is 2.14 bits per heavy atom. The standard InChI is InChI=1S/C16H24FN3O/c1-19(11-14-7-5-9-18-14)12-16(21)20(2)10-13-6-3-4-8-15(13)17/h3-4,6,8,14,18H,5,7,9-12H2,1-2H3. The van der Waals surface area contributed by atoms with Gasteiger partial charge in [0.05, 0.1) is 6.54 Å². The number of carbonyl (C=O) groups is 1. The Hall–Kier alpha value is -1.46. The summed E-state index contributed by atoms with van der Waals surface area (Å²) in [5.41, 5.74) is 0.550. The summed E-state index contributed by atoms with van der Waals surface area (Å²) in [4.78, 5) is 15.8. The van der Waals surface area contributed by atoms with E-state index in [4.69, 9.17) is 0 Å². The number of rotatable bonds is 6. The Morgan fingerprint density at radius 3 is 2.81 bits per heavy atom. The molecule has 1 unspecified atom stereocenters. The van der Waals surface area contributed by atoms with Gasteiger partial charge < -0.3 is 10.2 Å². The van der Waals surface area contributed by atoms with Crippen LogP contribution in [0.15, 0.2) is 24.3 Å². The van der Waals surface area contributed by atoms with Crippen molar-refractivity contribution in [2.75, 3.05) is 33.7 Å². The van der Waals surface area contributed by atoms with Crippen molar-refractivity contribution in [3.8, 4) is 0 Å². The summed E-state index contributed by atoms with van der Waals surface area (Å²) in [5.74, 6) is -0.251. The van der Waals surface area contributed by atoms with E-state index in [0.717, 1.165) is 13.1 Å². The van der Waals surface area contributed by atoms with Crippen LogP contribution in [0, 0.1) is 5.82 Å². The molecule has 0 radical (unpaired) electrons. The fourth-order valence-electron chi connectivity index (χ4n) is 2.68. The smallest absolute Gasteiger partial charge is 0.236 e. The summed E-state index contributed by atoms with van der Waals surface area (Å²) in [6.07, 6.45) is 2.38. The molecule has 1 aromatic carbocycles. The second kappa shape index (κ2) is 7.52. The highest BCUT2D eigenvalue weighted by molar-refractivity contribution is 5.77. The third-order valence-electron chi connectivity index (χ3n) is 3.89. The van der Waals surface area contributed by atoms with Gasteiger partial charge in [0, 0.05) is 31.7 Å². The Labute approximate surface area is 125 Å². The highest BCUT2D eigenvalue weighted by atomic mass is 19.1. The molecule has 0 aliphatic carbocycles. The maximum atomic E-state index is 13.6. The summed E-state index contributed by atoms with van der Waals surface area (Å²) >= 11 is 0. The van der Waals surface area contributed by atoms with Gasteiger partial charge in [-0.05, 0) is 32.5 Å². The van der Waals surface area contributed by atoms with Gasteiger partial charge in [0.2, 0.25) is 5.91 Å². The number of hydrogen-bond donors (Lipinski definition) is 1. The third kappa shape index (κ3) is 4.79. The minimum atomic E-state index is -0.263. The van der Waals surface area contributed by atoms with Gasteiger partial charge in [-0.1, -0.05) is 18.2 Å². The highest BCUT2D eigenvalue weighted by Crippen LogP contribution is 2.10. The van der Waals surface area contributed by atoms with Gasteiger partial charge >= 0.3 is 0 Å². The summed E-state index contributed by atoms with van der Waals surface area (Å²) in [5, 5.41) is 3.42. The maximum Gasteiger partial charge on any atom is 0.236 e. The first-order valence-electron chi connectivity index (χ1n) is 7.45. The molecule has 1 saturated heterocycles. The second-order valence-electron chi connectivity index (χ2n) is 5.83. The van der Waals surface area contributed by atoms with Crippen molar-refractivity contribution < 1.29 is 9.18 Å². The van der Waals surface area contributed by atoms with Crippen LogP contribution >= 0.6 is 0 Å². The van der Waals surface area contributed by atoms with Crippen molar-refractivity contribution >= 4 is 5.91 Å². The number of nitrogens with zero attached hydrogens (tertiary/aromatic N) is 2. The van der Waals surface area contributed by atoms with Crippen LogP contribution in [0.4, 0.5) is 4.39 Å². The van der Waals surface area contributed by atoms with E-state index in [9.17, 15) is 9.18 Å². The number of carbonyl (C=O) groups excluding carboxylic acids is 1. The van der Waals surface area contributed by atoms with E-state index in [1.54, 1.807) is 30.1 Å². The summed E-state index contributed by atoms with van der Waals surface area (Å²) in [6.45, 7) is 2.61. The molecule has 2 rings (SSSR count). The SMILES string of the molecule is CN(CC(=O)N(C)Cc1ccccc1F)CC1CCCN1. The van der Waals surface area contributed by atoms with E-state index >= 15 is 0 Å². The number of halogens is 1. The lowest BCUT2D eigenvalue weighted by Gasteiger charge is -2.24. The minimum Gasteiger partial charge on any atom is -0.340 e. The van der Waals surface area contributed by atoms with Crippen molar-refractivity contribution in [1.29, 1.82) is 0 Å². The molecule has 1 aromatic rings. The van der Waals surface area contributed by atoms with Crippen LogP contribution in [0.2, 0.25) is 0 Å². The lowest BCUT2D eigenvalue weighted by atomic mass is 10.2. The molecule has 0 bridgehead atoms. The Balaban J connectivity index is 1.80. The number of benzene rings is 1. The molecule has 0 saturated carbocycles. The summed E-state index contributed by atoms with van der Waals surface area (Å²) in [6, 6.07) is 7.06. The summed E-state index contributed by atoms with van der Waals surface area (Å²) < 4.78 is 13.6. The largest absolute Gasteiger partial charge is 0.340 e. The molecule has 4 nitrogen and oxygen atoms in total. The number of nitrogens with one attached hydrogen (secondary N) is 1. The van der Waals surface area contributed by atoms with E-state index in [2.05, 4.69) is 5.32 Å². The zero-order valence-corrected chi connectivity index (χ0v) is 12.8. The molecule has 116 valence electrons.